The van der Waals surface area contributed by atoms with Gasteiger partial charge in [-0.2, -0.15) is 0 Å². The summed E-state index contributed by atoms with van der Waals surface area (Å²) in [7, 11) is 0. The van der Waals surface area contributed by atoms with Gasteiger partial charge in [-0.15, -0.1) is 0 Å². The molecule has 1 aromatic heterocycles. The van der Waals surface area contributed by atoms with Gasteiger partial charge in [0.25, 0.3) is 0 Å². The molecule has 1 heterocycles. The third-order valence-corrected chi connectivity index (χ3v) is 3.84. The van der Waals surface area contributed by atoms with Crippen molar-refractivity contribution in [3.05, 3.63) is 76.4 Å². The van der Waals surface area contributed by atoms with Crippen LogP contribution >= 0.6 is 0 Å². The van der Waals surface area contributed by atoms with Crippen molar-refractivity contribution in [1.29, 1.82) is 0 Å². The van der Waals surface area contributed by atoms with E-state index >= 15 is 0 Å². The van der Waals surface area contributed by atoms with Gasteiger partial charge in [-0.1, -0.05) is 0 Å². The number of pyridine rings is 1. The Hall–Kier alpha value is -3.18. The van der Waals surface area contributed by atoms with Gasteiger partial charge in [-0.3, -0.25) is 4.98 Å². The molecule has 0 atom stereocenters. The Morgan fingerprint density at radius 3 is 0.862 bits per heavy atom. The van der Waals surface area contributed by atoms with Crippen LogP contribution in [0.2, 0.25) is 0 Å². The lowest BCUT2D eigenvalue weighted by molar-refractivity contribution is 0.380. The van der Waals surface area contributed by atoms with E-state index in [4.69, 9.17) is 0 Å². The first-order valence-corrected chi connectivity index (χ1v) is 7.17. The van der Waals surface area contributed by atoms with Gasteiger partial charge in [-0.05, 0) is 0 Å². The average molecular weight is 429 g/mol. The SMILES string of the molecule is Fc1c(-c2c(F)c(F)c(F)c(F)c2F)cncc1-c1c(F)c(F)c(F)c(F)c1F. The summed E-state index contributed by atoms with van der Waals surface area (Å²) < 4.78 is 150. The van der Waals surface area contributed by atoms with Crippen molar-refractivity contribution < 1.29 is 48.3 Å². The normalized spacial score (nSPS) is 11.3. The first kappa shape index (κ1) is 20.6. The number of rotatable bonds is 2. The number of nitrogens with zero attached hydrogens (tertiary/aromatic N) is 1. The molecule has 29 heavy (non-hydrogen) atoms. The topological polar surface area (TPSA) is 12.9 Å². The molecular formula is C17H2F11N. The van der Waals surface area contributed by atoms with Crippen molar-refractivity contribution in [1.82, 2.24) is 4.98 Å². The molecule has 0 aliphatic carbocycles. The predicted molar refractivity (Wildman–Crippen MR) is 74.6 cm³/mol. The van der Waals surface area contributed by atoms with E-state index in [9.17, 15) is 48.3 Å². The molecular weight excluding hydrogens is 427 g/mol. The summed E-state index contributed by atoms with van der Waals surface area (Å²) in [4.78, 5) is 3.14. The Balaban J connectivity index is 2.40. The van der Waals surface area contributed by atoms with Gasteiger partial charge >= 0.3 is 0 Å². The second kappa shape index (κ2) is 7.01. The first-order chi connectivity index (χ1) is 13.5. The zero-order chi connectivity index (χ0) is 21.8. The fourth-order valence-electron chi connectivity index (χ4n) is 2.48. The second-order valence-electron chi connectivity index (χ2n) is 5.44. The highest BCUT2D eigenvalue weighted by Gasteiger charge is 2.32. The highest BCUT2D eigenvalue weighted by molar-refractivity contribution is 5.74. The molecule has 1 nitrogen and oxygen atoms in total. The highest BCUT2D eigenvalue weighted by Crippen LogP contribution is 2.38. The average Bonchev–Trinajstić information content (AvgIpc) is 2.70. The molecule has 0 saturated heterocycles. The van der Waals surface area contributed by atoms with E-state index in [0.29, 0.717) is 0 Å². The fraction of sp³-hybridized carbons (Fsp3) is 0. The Bertz CT molecular complexity index is 1030. The lowest BCUT2D eigenvalue weighted by atomic mass is 9.98. The van der Waals surface area contributed by atoms with E-state index < -0.39 is 86.2 Å². The molecule has 0 N–H and O–H groups in total. The molecule has 0 amide bonds. The van der Waals surface area contributed by atoms with E-state index in [1.807, 2.05) is 0 Å². The number of halogens is 11. The molecule has 0 bridgehead atoms. The minimum Gasteiger partial charge on any atom is -0.263 e. The molecule has 3 rings (SSSR count). The summed E-state index contributed by atoms with van der Waals surface area (Å²) in [6, 6.07) is 0. The summed E-state index contributed by atoms with van der Waals surface area (Å²) in [6.45, 7) is 0. The van der Waals surface area contributed by atoms with Crippen molar-refractivity contribution in [3.63, 3.8) is 0 Å². The predicted octanol–water partition coefficient (Wildman–Crippen LogP) is 5.95. The Morgan fingerprint density at radius 2 is 0.586 bits per heavy atom. The van der Waals surface area contributed by atoms with Gasteiger partial charge in [0.05, 0.1) is 11.1 Å². The molecule has 0 saturated carbocycles. The van der Waals surface area contributed by atoms with Crippen LogP contribution in [-0.4, -0.2) is 4.98 Å². The molecule has 152 valence electrons. The van der Waals surface area contributed by atoms with Gasteiger partial charge in [0, 0.05) is 23.5 Å². The van der Waals surface area contributed by atoms with Gasteiger partial charge in [-0.25, -0.2) is 48.3 Å². The second-order valence-corrected chi connectivity index (χ2v) is 5.44. The molecule has 0 aliphatic rings. The monoisotopic (exact) mass is 429 g/mol. The Kier molecular flexibility index (Phi) is 4.97. The molecule has 0 aliphatic heterocycles. The summed E-state index contributed by atoms with van der Waals surface area (Å²) in [5, 5.41) is 0. The quantitative estimate of drug-likeness (QED) is 0.279. The number of aromatic nitrogens is 1. The van der Waals surface area contributed by atoms with Gasteiger partial charge in [0.2, 0.25) is 11.6 Å². The van der Waals surface area contributed by atoms with Crippen molar-refractivity contribution in [2.24, 2.45) is 0 Å². The van der Waals surface area contributed by atoms with Crippen molar-refractivity contribution >= 4 is 0 Å². The van der Waals surface area contributed by atoms with E-state index in [1.54, 1.807) is 0 Å². The Morgan fingerprint density at radius 1 is 0.345 bits per heavy atom. The van der Waals surface area contributed by atoms with Crippen molar-refractivity contribution in [3.8, 4) is 22.3 Å². The van der Waals surface area contributed by atoms with E-state index in [1.165, 1.54) is 0 Å². The summed E-state index contributed by atoms with van der Waals surface area (Å²) in [6.07, 6.45) is 0.478. The van der Waals surface area contributed by atoms with E-state index in [2.05, 4.69) is 4.98 Å². The smallest absolute Gasteiger partial charge is 0.200 e. The van der Waals surface area contributed by atoms with Crippen LogP contribution in [0.1, 0.15) is 0 Å². The van der Waals surface area contributed by atoms with E-state index in [-0.39, 0.29) is 12.4 Å². The lowest BCUT2D eigenvalue weighted by Crippen LogP contribution is -2.08. The van der Waals surface area contributed by atoms with Gasteiger partial charge in [0.1, 0.15) is 5.82 Å². The molecule has 2 aromatic carbocycles. The van der Waals surface area contributed by atoms with Crippen molar-refractivity contribution in [2.45, 2.75) is 0 Å². The number of hydrogen-bond acceptors (Lipinski definition) is 1. The standard InChI is InChI=1S/C17H2F11N/c18-7-3(5-8(19)12(23)16(27)13(24)9(5)20)1-29-2-4(7)6-10(21)14(25)17(28)15(26)11(6)22/h1-2H. The lowest BCUT2D eigenvalue weighted by Gasteiger charge is -2.13. The summed E-state index contributed by atoms with van der Waals surface area (Å²) >= 11 is 0. The number of hydrogen-bond donors (Lipinski definition) is 0. The van der Waals surface area contributed by atoms with E-state index in [0.717, 1.165) is 0 Å². The summed E-state index contributed by atoms with van der Waals surface area (Å²) in [5.41, 5.74) is -6.65. The molecule has 12 heteroatoms. The Labute approximate surface area is 153 Å². The van der Waals surface area contributed by atoms with Gasteiger partial charge < -0.3 is 0 Å². The van der Waals surface area contributed by atoms with Crippen LogP contribution in [0.5, 0.6) is 0 Å². The van der Waals surface area contributed by atoms with Crippen LogP contribution in [0, 0.1) is 64.0 Å². The molecule has 0 radical (unpaired) electrons. The largest absolute Gasteiger partial charge is 0.263 e. The maximum absolute atomic E-state index is 14.7. The maximum Gasteiger partial charge on any atom is 0.200 e. The van der Waals surface area contributed by atoms with Crippen LogP contribution in [-0.2, 0) is 0 Å². The van der Waals surface area contributed by atoms with Crippen LogP contribution in [0.25, 0.3) is 22.3 Å². The van der Waals surface area contributed by atoms with Gasteiger partial charge in [0.15, 0.2) is 46.5 Å². The maximum atomic E-state index is 14.7. The zero-order valence-electron chi connectivity index (χ0n) is 13.3. The molecule has 3 aromatic rings. The molecule has 0 spiro atoms. The third-order valence-electron chi connectivity index (χ3n) is 3.84. The first-order valence-electron chi connectivity index (χ1n) is 7.17. The zero-order valence-corrected chi connectivity index (χ0v) is 13.3. The summed E-state index contributed by atoms with van der Waals surface area (Å²) in [5.74, 6) is -27.0. The third kappa shape index (κ3) is 2.89. The minimum atomic E-state index is -2.56. The molecule has 0 fully saturated rings. The van der Waals surface area contributed by atoms with Crippen LogP contribution in [0.15, 0.2) is 12.4 Å². The van der Waals surface area contributed by atoms with Crippen molar-refractivity contribution in [2.75, 3.05) is 0 Å². The molecule has 0 unspecified atom stereocenters. The minimum absolute atomic E-state index is 0.239. The van der Waals surface area contributed by atoms with Crippen LogP contribution in [0.4, 0.5) is 48.3 Å². The van der Waals surface area contributed by atoms with Crippen LogP contribution < -0.4 is 0 Å². The fourth-order valence-corrected chi connectivity index (χ4v) is 2.48. The van der Waals surface area contributed by atoms with Crippen LogP contribution in [0.3, 0.4) is 0 Å². The highest BCUT2D eigenvalue weighted by atomic mass is 19.2. The number of benzene rings is 2.